The number of carbonyl (C=O) groups is 1. The van der Waals surface area contributed by atoms with E-state index in [9.17, 15) is 4.79 Å². The summed E-state index contributed by atoms with van der Waals surface area (Å²) in [7, 11) is 1.75. The average Bonchev–Trinajstić information content (AvgIpc) is 2.59. The molecule has 7 nitrogen and oxygen atoms in total. The molecule has 0 fully saturated rings. The second kappa shape index (κ2) is 11.4. The summed E-state index contributed by atoms with van der Waals surface area (Å²) in [5, 5.41) is 6.55. The monoisotopic (exact) mass is 377 g/mol. The lowest BCUT2D eigenvalue weighted by Gasteiger charge is -2.30. The first kappa shape index (κ1) is 22.7. The van der Waals surface area contributed by atoms with E-state index in [1.165, 1.54) is 0 Å². The van der Waals surface area contributed by atoms with Gasteiger partial charge in [-0.25, -0.2) is 4.79 Å². The van der Waals surface area contributed by atoms with E-state index in [0.717, 1.165) is 37.6 Å². The minimum atomic E-state index is -0.484. The molecule has 152 valence electrons. The van der Waals surface area contributed by atoms with Crippen LogP contribution in [0, 0.1) is 0 Å². The fourth-order valence-electron chi connectivity index (χ4n) is 2.41. The third-order valence-electron chi connectivity index (χ3n) is 3.74. The van der Waals surface area contributed by atoms with E-state index in [4.69, 9.17) is 4.74 Å². The molecule has 0 radical (unpaired) electrons. The lowest BCUT2D eigenvalue weighted by Crippen LogP contribution is -2.43. The van der Waals surface area contributed by atoms with E-state index in [2.05, 4.69) is 20.6 Å². The SMILES string of the molecule is CN=C(NCCCN(C(=O)OC(C)(C)C)C(C)C)NCCc1ccccn1. The number of aromatic nitrogens is 1. The number of rotatable bonds is 8. The standard InChI is InChI=1S/C20H35N5O2/c1-16(2)25(19(26)27-20(3,4)5)15-9-13-23-18(21-6)24-14-11-17-10-7-8-12-22-17/h7-8,10,12,16H,9,11,13-15H2,1-6H3,(H2,21,23,24). The highest BCUT2D eigenvalue weighted by molar-refractivity contribution is 5.79. The Balaban J connectivity index is 2.33. The van der Waals surface area contributed by atoms with Crippen molar-refractivity contribution in [3.63, 3.8) is 0 Å². The molecule has 27 heavy (non-hydrogen) atoms. The number of pyridine rings is 1. The van der Waals surface area contributed by atoms with Crippen LogP contribution < -0.4 is 10.6 Å². The van der Waals surface area contributed by atoms with E-state index < -0.39 is 5.60 Å². The lowest BCUT2D eigenvalue weighted by atomic mass is 10.2. The predicted octanol–water partition coefficient (Wildman–Crippen LogP) is 2.82. The second-order valence-corrected chi connectivity index (χ2v) is 7.62. The van der Waals surface area contributed by atoms with Crippen LogP contribution in [0.3, 0.4) is 0 Å². The van der Waals surface area contributed by atoms with Crippen molar-refractivity contribution < 1.29 is 9.53 Å². The van der Waals surface area contributed by atoms with Gasteiger partial charge in [0, 0.05) is 51.0 Å². The first-order chi connectivity index (χ1) is 12.7. The van der Waals surface area contributed by atoms with Crippen LogP contribution in [0.15, 0.2) is 29.4 Å². The molecule has 0 saturated carbocycles. The van der Waals surface area contributed by atoms with Gasteiger partial charge in [0.15, 0.2) is 5.96 Å². The van der Waals surface area contributed by atoms with Crippen molar-refractivity contribution >= 4 is 12.1 Å². The highest BCUT2D eigenvalue weighted by atomic mass is 16.6. The van der Waals surface area contributed by atoms with Gasteiger partial charge in [0.2, 0.25) is 0 Å². The molecule has 1 heterocycles. The normalized spacial score (nSPS) is 12.0. The molecule has 1 amide bonds. The molecule has 0 spiro atoms. The van der Waals surface area contributed by atoms with E-state index >= 15 is 0 Å². The molecule has 0 aliphatic heterocycles. The Morgan fingerprint density at radius 3 is 2.52 bits per heavy atom. The van der Waals surface area contributed by atoms with Crippen LogP contribution in [0.5, 0.6) is 0 Å². The number of carbonyl (C=O) groups excluding carboxylic acids is 1. The quantitative estimate of drug-likeness (QED) is 0.414. The Bertz CT molecular complexity index is 582. The van der Waals surface area contributed by atoms with Crippen LogP contribution in [0.2, 0.25) is 0 Å². The number of hydrogen-bond donors (Lipinski definition) is 2. The van der Waals surface area contributed by atoms with Crippen molar-refractivity contribution in [1.29, 1.82) is 0 Å². The zero-order valence-corrected chi connectivity index (χ0v) is 17.6. The first-order valence-electron chi connectivity index (χ1n) is 9.57. The summed E-state index contributed by atoms with van der Waals surface area (Å²) in [4.78, 5) is 22.6. The zero-order chi connectivity index (χ0) is 20.3. The first-order valence-corrected chi connectivity index (χ1v) is 9.57. The summed E-state index contributed by atoms with van der Waals surface area (Å²) in [5.41, 5.74) is 0.563. The van der Waals surface area contributed by atoms with Gasteiger partial charge in [-0.1, -0.05) is 6.07 Å². The number of nitrogens with zero attached hydrogens (tertiary/aromatic N) is 3. The Labute approximate surface area is 163 Å². The van der Waals surface area contributed by atoms with E-state index in [-0.39, 0.29) is 12.1 Å². The fraction of sp³-hybridized carbons (Fsp3) is 0.650. The van der Waals surface area contributed by atoms with Crippen molar-refractivity contribution in [2.75, 3.05) is 26.7 Å². The molecule has 1 rings (SSSR count). The van der Waals surface area contributed by atoms with E-state index in [1.807, 2.05) is 52.8 Å². The van der Waals surface area contributed by atoms with Crippen molar-refractivity contribution in [2.24, 2.45) is 4.99 Å². The maximum Gasteiger partial charge on any atom is 0.410 e. The second-order valence-electron chi connectivity index (χ2n) is 7.62. The summed E-state index contributed by atoms with van der Waals surface area (Å²) in [6, 6.07) is 6.00. The summed E-state index contributed by atoms with van der Waals surface area (Å²) in [5.74, 6) is 0.749. The topological polar surface area (TPSA) is 78.9 Å². The van der Waals surface area contributed by atoms with Crippen molar-refractivity contribution in [2.45, 2.75) is 59.1 Å². The Morgan fingerprint density at radius 2 is 1.96 bits per heavy atom. The molecule has 2 N–H and O–H groups in total. The predicted molar refractivity (Wildman–Crippen MR) is 110 cm³/mol. The molecule has 1 aromatic heterocycles. The Hall–Kier alpha value is -2.31. The third kappa shape index (κ3) is 9.82. The van der Waals surface area contributed by atoms with Crippen LogP contribution in [0.4, 0.5) is 4.79 Å². The smallest absolute Gasteiger partial charge is 0.410 e. The fourth-order valence-corrected chi connectivity index (χ4v) is 2.41. The number of amides is 1. The van der Waals surface area contributed by atoms with Crippen LogP contribution in [-0.2, 0) is 11.2 Å². The number of guanidine groups is 1. The van der Waals surface area contributed by atoms with Gasteiger partial charge in [0.05, 0.1) is 0 Å². The van der Waals surface area contributed by atoms with Crippen LogP contribution in [0.1, 0.15) is 46.7 Å². The molecule has 7 heteroatoms. The van der Waals surface area contributed by atoms with E-state index in [1.54, 1.807) is 18.1 Å². The molecule has 0 unspecified atom stereocenters. The number of nitrogens with one attached hydrogen (secondary N) is 2. The van der Waals surface area contributed by atoms with Gasteiger partial charge in [-0.2, -0.15) is 0 Å². The Morgan fingerprint density at radius 1 is 1.26 bits per heavy atom. The molecule has 1 aromatic rings. The Kier molecular flexibility index (Phi) is 9.61. The van der Waals surface area contributed by atoms with Crippen molar-refractivity contribution in [1.82, 2.24) is 20.5 Å². The van der Waals surface area contributed by atoms with Gasteiger partial charge in [-0.15, -0.1) is 0 Å². The number of ether oxygens (including phenoxy) is 1. The molecule has 0 saturated heterocycles. The van der Waals surface area contributed by atoms with Gasteiger partial charge in [0.25, 0.3) is 0 Å². The van der Waals surface area contributed by atoms with Gasteiger partial charge in [-0.3, -0.25) is 9.98 Å². The third-order valence-corrected chi connectivity index (χ3v) is 3.74. The van der Waals surface area contributed by atoms with Gasteiger partial charge >= 0.3 is 6.09 Å². The van der Waals surface area contributed by atoms with Crippen LogP contribution in [-0.4, -0.2) is 60.3 Å². The summed E-state index contributed by atoms with van der Waals surface area (Å²) in [6.07, 6.45) is 3.17. The minimum absolute atomic E-state index is 0.0932. The number of hydrogen-bond acceptors (Lipinski definition) is 4. The summed E-state index contributed by atoms with van der Waals surface area (Å²) >= 11 is 0. The lowest BCUT2D eigenvalue weighted by molar-refractivity contribution is 0.0190. The van der Waals surface area contributed by atoms with E-state index in [0.29, 0.717) is 6.54 Å². The van der Waals surface area contributed by atoms with Gasteiger partial charge < -0.3 is 20.3 Å². The largest absolute Gasteiger partial charge is 0.444 e. The minimum Gasteiger partial charge on any atom is -0.444 e. The maximum absolute atomic E-state index is 12.3. The van der Waals surface area contributed by atoms with Crippen molar-refractivity contribution in [3.05, 3.63) is 30.1 Å². The highest BCUT2D eigenvalue weighted by Gasteiger charge is 2.23. The van der Waals surface area contributed by atoms with Crippen LogP contribution >= 0.6 is 0 Å². The average molecular weight is 378 g/mol. The number of aliphatic imine (C=N–C) groups is 1. The molecule has 0 aliphatic carbocycles. The molecule has 0 aromatic carbocycles. The molecule has 0 bridgehead atoms. The maximum atomic E-state index is 12.3. The summed E-state index contributed by atoms with van der Waals surface area (Å²) < 4.78 is 5.48. The molecule has 0 aliphatic rings. The summed E-state index contributed by atoms with van der Waals surface area (Å²) in [6.45, 7) is 11.7. The van der Waals surface area contributed by atoms with Gasteiger partial charge in [-0.05, 0) is 53.2 Å². The molecular formula is C20H35N5O2. The molecular weight excluding hydrogens is 342 g/mol. The highest BCUT2D eigenvalue weighted by Crippen LogP contribution is 2.12. The zero-order valence-electron chi connectivity index (χ0n) is 17.6. The van der Waals surface area contributed by atoms with Crippen LogP contribution in [0.25, 0.3) is 0 Å². The van der Waals surface area contributed by atoms with Crippen molar-refractivity contribution in [3.8, 4) is 0 Å². The molecule has 0 atom stereocenters. The van der Waals surface area contributed by atoms with Gasteiger partial charge in [0.1, 0.15) is 5.60 Å².